The molecule has 2 rings (SSSR count). The van der Waals surface area contributed by atoms with E-state index in [4.69, 9.17) is 10.00 Å². The third-order valence-electron chi connectivity index (χ3n) is 3.65. The van der Waals surface area contributed by atoms with Crippen molar-refractivity contribution >= 4 is 11.9 Å². The Morgan fingerprint density at radius 2 is 2.05 bits per heavy atom. The SMILES string of the molecule is C[C@@](C#N)(NC(=O)COC(=O)Cc1ccc(F)cc1)C1CC1. The number of benzene rings is 1. The van der Waals surface area contributed by atoms with Gasteiger partial charge in [0.1, 0.15) is 11.4 Å². The topological polar surface area (TPSA) is 79.2 Å². The van der Waals surface area contributed by atoms with Crippen LogP contribution in [0.4, 0.5) is 4.39 Å². The van der Waals surface area contributed by atoms with E-state index >= 15 is 0 Å². The van der Waals surface area contributed by atoms with Gasteiger partial charge in [-0.3, -0.25) is 9.59 Å². The lowest BCUT2D eigenvalue weighted by atomic mass is 9.98. The van der Waals surface area contributed by atoms with Crippen molar-refractivity contribution in [2.24, 2.45) is 5.92 Å². The first-order chi connectivity index (χ1) is 10.4. The van der Waals surface area contributed by atoms with Crippen molar-refractivity contribution in [3.63, 3.8) is 0 Å². The summed E-state index contributed by atoms with van der Waals surface area (Å²) >= 11 is 0. The number of hydrogen-bond donors (Lipinski definition) is 1. The van der Waals surface area contributed by atoms with Crippen LogP contribution in [-0.2, 0) is 20.7 Å². The highest BCUT2D eigenvalue weighted by molar-refractivity contribution is 5.82. The number of rotatable bonds is 6. The summed E-state index contributed by atoms with van der Waals surface area (Å²) in [6.07, 6.45) is 1.79. The molecule has 22 heavy (non-hydrogen) atoms. The number of halogens is 1. The zero-order valence-electron chi connectivity index (χ0n) is 12.3. The number of nitriles is 1. The molecule has 1 fully saturated rings. The van der Waals surface area contributed by atoms with Crippen LogP contribution in [0.25, 0.3) is 0 Å². The fourth-order valence-electron chi connectivity index (χ4n) is 2.17. The number of hydrogen-bond acceptors (Lipinski definition) is 4. The van der Waals surface area contributed by atoms with Crippen LogP contribution in [-0.4, -0.2) is 24.0 Å². The first kappa shape index (κ1) is 16.0. The first-order valence-corrected chi connectivity index (χ1v) is 7.05. The van der Waals surface area contributed by atoms with Gasteiger partial charge in [0.05, 0.1) is 12.5 Å². The van der Waals surface area contributed by atoms with Gasteiger partial charge in [-0.2, -0.15) is 5.26 Å². The van der Waals surface area contributed by atoms with Crippen LogP contribution in [0, 0.1) is 23.1 Å². The van der Waals surface area contributed by atoms with E-state index < -0.39 is 24.0 Å². The summed E-state index contributed by atoms with van der Waals surface area (Å²) in [6, 6.07) is 7.57. The molecule has 6 heteroatoms. The maximum atomic E-state index is 12.7. The average molecular weight is 304 g/mol. The Labute approximate surface area is 128 Å². The largest absolute Gasteiger partial charge is 0.455 e. The molecule has 1 aromatic rings. The molecule has 1 aliphatic carbocycles. The highest BCUT2D eigenvalue weighted by atomic mass is 19.1. The normalized spacial score (nSPS) is 16.2. The zero-order chi connectivity index (χ0) is 16.2. The number of nitrogens with zero attached hydrogens (tertiary/aromatic N) is 1. The van der Waals surface area contributed by atoms with E-state index in [1.807, 2.05) is 0 Å². The van der Waals surface area contributed by atoms with Crippen molar-refractivity contribution in [2.45, 2.75) is 31.7 Å². The smallest absolute Gasteiger partial charge is 0.310 e. The van der Waals surface area contributed by atoms with E-state index in [1.54, 1.807) is 6.92 Å². The number of ether oxygens (including phenoxy) is 1. The summed E-state index contributed by atoms with van der Waals surface area (Å²) < 4.78 is 17.6. The predicted octanol–water partition coefficient (Wildman–Crippen LogP) is 1.72. The molecule has 0 spiro atoms. The minimum absolute atomic E-state index is 0.0360. The molecule has 1 saturated carbocycles. The highest BCUT2D eigenvalue weighted by Crippen LogP contribution is 2.39. The lowest BCUT2D eigenvalue weighted by molar-refractivity contribution is -0.148. The number of nitrogens with one attached hydrogen (secondary N) is 1. The van der Waals surface area contributed by atoms with Crippen molar-refractivity contribution < 1.29 is 18.7 Å². The van der Waals surface area contributed by atoms with Crippen LogP contribution < -0.4 is 5.32 Å². The van der Waals surface area contributed by atoms with E-state index in [1.165, 1.54) is 24.3 Å². The Kier molecular flexibility index (Phi) is 4.76. The Bertz CT molecular complexity index is 605. The molecule has 1 amide bonds. The zero-order valence-corrected chi connectivity index (χ0v) is 12.3. The molecule has 116 valence electrons. The van der Waals surface area contributed by atoms with Gasteiger partial charge in [0.25, 0.3) is 5.91 Å². The van der Waals surface area contributed by atoms with Crippen molar-refractivity contribution in [3.05, 3.63) is 35.6 Å². The molecule has 5 nitrogen and oxygen atoms in total. The molecule has 0 aliphatic heterocycles. The number of carbonyl (C=O) groups is 2. The van der Waals surface area contributed by atoms with Gasteiger partial charge in [-0.15, -0.1) is 0 Å². The monoisotopic (exact) mass is 304 g/mol. The maximum Gasteiger partial charge on any atom is 0.310 e. The minimum atomic E-state index is -0.902. The number of esters is 1. The third-order valence-corrected chi connectivity index (χ3v) is 3.65. The van der Waals surface area contributed by atoms with Crippen molar-refractivity contribution in [2.75, 3.05) is 6.61 Å². The standard InChI is InChI=1S/C16H17FN2O3/c1-16(10-18,12-4-5-12)19-14(20)9-22-15(21)8-11-2-6-13(17)7-3-11/h2-3,6-7,12H,4-5,8-9H2,1H3,(H,19,20)/t16-/m0/s1. The average Bonchev–Trinajstić information content (AvgIpc) is 3.32. The van der Waals surface area contributed by atoms with Gasteiger partial charge in [0.15, 0.2) is 6.61 Å². The van der Waals surface area contributed by atoms with E-state index in [0.717, 1.165) is 12.8 Å². The summed E-state index contributed by atoms with van der Waals surface area (Å²) in [5, 5.41) is 11.7. The summed E-state index contributed by atoms with van der Waals surface area (Å²) in [4.78, 5) is 23.4. The molecule has 1 atom stereocenters. The maximum absolute atomic E-state index is 12.7. The molecule has 1 N–H and O–H groups in total. The first-order valence-electron chi connectivity index (χ1n) is 7.05. The third kappa shape index (κ3) is 4.29. The van der Waals surface area contributed by atoms with Gasteiger partial charge in [-0.1, -0.05) is 12.1 Å². The summed E-state index contributed by atoms with van der Waals surface area (Å²) in [7, 11) is 0. The van der Waals surface area contributed by atoms with Gasteiger partial charge in [0.2, 0.25) is 0 Å². The second-order valence-corrected chi connectivity index (χ2v) is 5.60. The van der Waals surface area contributed by atoms with E-state index in [2.05, 4.69) is 11.4 Å². The number of carbonyl (C=O) groups excluding carboxylic acids is 2. The molecule has 0 unspecified atom stereocenters. The molecule has 0 radical (unpaired) electrons. The van der Waals surface area contributed by atoms with Crippen LogP contribution in [0.15, 0.2) is 24.3 Å². The summed E-state index contributed by atoms with van der Waals surface area (Å²) in [6.45, 7) is 1.24. The van der Waals surface area contributed by atoms with Gasteiger partial charge < -0.3 is 10.1 Å². The fourth-order valence-corrected chi connectivity index (χ4v) is 2.17. The van der Waals surface area contributed by atoms with Gasteiger partial charge in [-0.25, -0.2) is 4.39 Å². The van der Waals surface area contributed by atoms with Gasteiger partial charge in [-0.05, 0) is 43.4 Å². The minimum Gasteiger partial charge on any atom is -0.455 e. The molecule has 1 aliphatic rings. The van der Waals surface area contributed by atoms with Gasteiger partial charge in [0, 0.05) is 0 Å². The second-order valence-electron chi connectivity index (χ2n) is 5.60. The second kappa shape index (κ2) is 6.56. The van der Waals surface area contributed by atoms with E-state index in [-0.39, 0.29) is 18.2 Å². The quantitative estimate of drug-likeness (QED) is 0.812. The Morgan fingerprint density at radius 1 is 1.41 bits per heavy atom. The van der Waals surface area contributed by atoms with Crippen LogP contribution in [0.3, 0.4) is 0 Å². The van der Waals surface area contributed by atoms with E-state index in [0.29, 0.717) is 5.56 Å². The van der Waals surface area contributed by atoms with Crippen molar-refractivity contribution in [1.29, 1.82) is 5.26 Å². The van der Waals surface area contributed by atoms with E-state index in [9.17, 15) is 14.0 Å². The van der Waals surface area contributed by atoms with Crippen molar-refractivity contribution in [3.8, 4) is 6.07 Å². The highest BCUT2D eigenvalue weighted by Gasteiger charge is 2.43. The van der Waals surface area contributed by atoms with Gasteiger partial charge >= 0.3 is 5.97 Å². The summed E-state index contributed by atoms with van der Waals surface area (Å²) in [5.74, 6) is -1.29. The summed E-state index contributed by atoms with van der Waals surface area (Å²) in [5.41, 5.74) is -0.299. The Balaban J connectivity index is 1.77. The van der Waals surface area contributed by atoms with Crippen LogP contribution >= 0.6 is 0 Å². The van der Waals surface area contributed by atoms with Crippen molar-refractivity contribution in [1.82, 2.24) is 5.32 Å². The fraction of sp³-hybridized carbons (Fsp3) is 0.438. The predicted molar refractivity (Wildman–Crippen MR) is 75.9 cm³/mol. The van der Waals surface area contributed by atoms with Crippen LogP contribution in [0.5, 0.6) is 0 Å². The molecule has 0 aromatic heterocycles. The van der Waals surface area contributed by atoms with Crippen LogP contribution in [0.1, 0.15) is 25.3 Å². The number of amides is 1. The molecule has 1 aromatic carbocycles. The molecule has 0 heterocycles. The molecule has 0 bridgehead atoms. The molecule has 0 saturated heterocycles. The lowest BCUT2D eigenvalue weighted by Crippen LogP contribution is -2.48. The Hall–Kier alpha value is -2.42. The Morgan fingerprint density at radius 3 is 2.59 bits per heavy atom. The molecular formula is C16H17FN2O3. The van der Waals surface area contributed by atoms with Crippen LogP contribution in [0.2, 0.25) is 0 Å². The molecular weight excluding hydrogens is 287 g/mol. The lowest BCUT2D eigenvalue weighted by Gasteiger charge is -2.22.